The Kier molecular flexibility index (Phi) is 6.06. The fourth-order valence-electron chi connectivity index (χ4n) is 6.36. The molecular formula is C29H33N3O3. The van der Waals surface area contributed by atoms with Crippen LogP contribution in [0.5, 0.6) is 0 Å². The Balaban J connectivity index is 1.48. The molecule has 1 saturated heterocycles. The summed E-state index contributed by atoms with van der Waals surface area (Å²) in [6.07, 6.45) is 7.98. The number of nitrogens with one attached hydrogen (secondary N) is 1. The van der Waals surface area contributed by atoms with E-state index in [4.69, 9.17) is 4.74 Å². The summed E-state index contributed by atoms with van der Waals surface area (Å²) in [5.74, 6) is 0.525. The van der Waals surface area contributed by atoms with E-state index in [1.54, 1.807) is 0 Å². The number of carbonyl (C=O) groups is 2. The summed E-state index contributed by atoms with van der Waals surface area (Å²) >= 11 is 0. The minimum atomic E-state index is -0.0394. The molecule has 0 spiro atoms. The standard InChI is InChI=1S/C29H33N3O3/c33-19-20-10-11-25-26(16-20)32-18-23(30-29(34)31-12-14-35-15-13-31)17-22-8-4-5-9-24(22)28(32)27(25)21-6-2-1-3-7-21/h4-5,8-11,16,19,21,23H,1-3,6-7,12-15,17-18H2,(H,30,34). The molecule has 182 valence electrons. The van der Waals surface area contributed by atoms with Crippen LogP contribution in [-0.2, 0) is 17.7 Å². The monoisotopic (exact) mass is 471 g/mol. The number of benzene rings is 2. The first-order valence-electron chi connectivity index (χ1n) is 13.1. The van der Waals surface area contributed by atoms with Crippen LogP contribution in [0.1, 0.15) is 59.5 Å². The van der Waals surface area contributed by atoms with Crippen molar-refractivity contribution in [3.8, 4) is 11.3 Å². The van der Waals surface area contributed by atoms with E-state index in [1.807, 2.05) is 17.0 Å². The molecule has 6 heteroatoms. The van der Waals surface area contributed by atoms with Crippen molar-refractivity contribution < 1.29 is 14.3 Å². The zero-order valence-electron chi connectivity index (χ0n) is 20.2. The van der Waals surface area contributed by atoms with Crippen molar-refractivity contribution >= 4 is 23.2 Å². The third kappa shape index (κ3) is 4.14. The third-order valence-corrected chi connectivity index (χ3v) is 8.04. The molecule has 1 atom stereocenters. The highest BCUT2D eigenvalue weighted by Gasteiger charge is 2.31. The van der Waals surface area contributed by atoms with Gasteiger partial charge >= 0.3 is 6.03 Å². The molecule has 3 aliphatic rings. The van der Waals surface area contributed by atoms with Crippen LogP contribution in [-0.4, -0.2) is 54.1 Å². The van der Waals surface area contributed by atoms with Crippen LogP contribution < -0.4 is 5.32 Å². The zero-order valence-corrected chi connectivity index (χ0v) is 20.2. The Morgan fingerprint density at radius 3 is 2.63 bits per heavy atom. The quantitative estimate of drug-likeness (QED) is 0.539. The van der Waals surface area contributed by atoms with E-state index in [9.17, 15) is 9.59 Å². The lowest BCUT2D eigenvalue weighted by molar-refractivity contribution is 0.0524. The molecule has 2 amide bonds. The smallest absolute Gasteiger partial charge is 0.317 e. The molecule has 1 aromatic heterocycles. The molecule has 1 aliphatic carbocycles. The highest BCUT2D eigenvalue weighted by molar-refractivity contribution is 5.96. The average molecular weight is 472 g/mol. The number of morpholine rings is 1. The highest BCUT2D eigenvalue weighted by atomic mass is 16.5. The number of hydrogen-bond acceptors (Lipinski definition) is 3. The molecule has 2 aliphatic heterocycles. The number of urea groups is 1. The molecule has 1 unspecified atom stereocenters. The predicted molar refractivity (Wildman–Crippen MR) is 137 cm³/mol. The van der Waals surface area contributed by atoms with E-state index in [1.165, 1.54) is 59.9 Å². The van der Waals surface area contributed by atoms with Crippen LogP contribution in [0.3, 0.4) is 0 Å². The lowest BCUT2D eigenvalue weighted by atomic mass is 9.81. The molecule has 1 N–H and O–H groups in total. The number of amides is 2. The van der Waals surface area contributed by atoms with Crippen molar-refractivity contribution in [2.24, 2.45) is 0 Å². The second-order valence-corrected chi connectivity index (χ2v) is 10.2. The second kappa shape index (κ2) is 9.50. The first-order valence-corrected chi connectivity index (χ1v) is 13.1. The largest absolute Gasteiger partial charge is 0.378 e. The van der Waals surface area contributed by atoms with Gasteiger partial charge in [0.05, 0.1) is 24.9 Å². The molecule has 6 nitrogen and oxygen atoms in total. The minimum absolute atomic E-state index is 0.0169. The van der Waals surface area contributed by atoms with Gasteiger partial charge in [0.25, 0.3) is 0 Å². The van der Waals surface area contributed by atoms with E-state index in [0.29, 0.717) is 44.3 Å². The Morgan fingerprint density at radius 1 is 1.03 bits per heavy atom. The Hall–Kier alpha value is -3.12. The number of hydrogen-bond donors (Lipinski definition) is 1. The number of rotatable bonds is 3. The molecule has 1 saturated carbocycles. The lowest BCUT2D eigenvalue weighted by Gasteiger charge is -2.29. The number of aromatic nitrogens is 1. The van der Waals surface area contributed by atoms with Gasteiger partial charge in [0, 0.05) is 41.7 Å². The maximum absolute atomic E-state index is 13.1. The van der Waals surface area contributed by atoms with Crippen LogP contribution >= 0.6 is 0 Å². The average Bonchev–Trinajstić information content (AvgIpc) is 3.13. The van der Waals surface area contributed by atoms with Crippen LogP contribution in [0.15, 0.2) is 42.5 Å². The molecule has 3 aromatic rings. The van der Waals surface area contributed by atoms with Gasteiger partial charge in [-0.15, -0.1) is 0 Å². The van der Waals surface area contributed by atoms with Gasteiger partial charge in [-0.3, -0.25) is 4.79 Å². The SMILES string of the molecule is O=Cc1ccc2c(C3CCCCC3)c3n(c2c1)CC(NC(=O)N1CCOCC1)Cc1ccccc1-3. The summed E-state index contributed by atoms with van der Waals surface area (Å²) in [6.45, 7) is 3.12. The summed E-state index contributed by atoms with van der Waals surface area (Å²) in [4.78, 5) is 26.7. The summed E-state index contributed by atoms with van der Waals surface area (Å²) < 4.78 is 7.82. The van der Waals surface area contributed by atoms with Crippen LogP contribution in [0.25, 0.3) is 22.2 Å². The van der Waals surface area contributed by atoms with Gasteiger partial charge in [-0.2, -0.15) is 0 Å². The number of ether oxygens (including phenoxy) is 1. The van der Waals surface area contributed by atoms with E-state index in [0.717, 1.165) is 18.2 Å². The Labute approximate surface area is 206 Å². The molecule has 35 heavy (non-hydrogen) atoms. The van der Waals surface area contributed by atoms with Gasteiger partial charge in [0.2, 0.25) is 0 Å². The fraction of sp³-hybridized carbons (Fsp3) is 0.448. The van der Waals surface area contributed by atoms with Gasteiger partial charge in [0.15, 0.2) is 0 Å². The molecule has 2 fully saturated rings. The fourth-order valence-corrected chi connectivity index (χ4v) is 6.36. The molecular weight excluding hydrogens is 438 g/mol. The number of carbonyl (C=O) groups excluding carboxylic acids is 2. The highest BCUT2D eigenvalue weighted by Crippen LogP contribution is 2.46. The van der Waals surface area contributed by atoms with E-state index in [-0.39, 0.29) is 12.1 Å². The van der Waals surface area contributed by atoms with Crippen molar-refractivity contribution in [2.75, 3.05) is 26.3 Å². The van der Waals surface area contributed by atoms with E-state index < -0.39 is 0 Å². The molecule has 3 heterocycles. The van der Waals surface area contributed by atoms with E-state index in [2.05, 4.69) is 40.2 Å². The maximum atomic E-state index is 13.1. The van der Waals surface area contributed by atoms with Gasteiger partial charge in [0.1, 0.15) is 6.29 Å². The van der Waals surface area contributed by atoms with Crippen molar-refractivity contribution in [3.05, 3.63) is 59.2 Å². The van der Waals surface area contributed by atoms with Gasteiger partial charge in [-0.05, 0) is 42.4 Å². The zero-order chi connectivity index (χ0) is 23.8. The second-order valence-electron chi connectivity index (χ2n) is 10.2. The first kappa shape index (κ1) is 22.4. The molecule has 0 bridgehead atoms. The molecule has 6 rings (SSSR count). The third-order valence-electron chi connectivity index (χ3n) is 8.04. The number of aldehydes is 1. The number of nitrogens with zero attached hydrogens (tertiary/aromatic N) is 2. The van der Waals surface area contributed by atoms with Crippen molar-refractivity contribution in [1.82, 2.24) is 14.8 Å². The molecule has 2 aromatic carbocycles. The summed E-state index contributed by atoms with van der Waals surface area (Å²) in [6, 6.07) is 14.7. The topological polar surface area (TPSA) is 63.6 Å². The molecule has 0 radical (unpaired) electrons. The van der Waals surface area contributed by atoms with Crippen molar-refractivity contribution in [1.29, 1.82) is 0 Å². The van der Waals surface area contributed by atoms with Gasteiger partial charge in [-0.1, -0.05) is 55.7 Å². The number of fused-ring (bicyclic) bond motifs is 5. The predicted octanol–water partition coefficient (Wildman–Crippen LogP) is 5.14. The maximum Gasteiger partial charge on any atom is 0.317 e. The summed E-state index contributed by atoms with van der Waals surface area (Å²) in [5.41, 5.74) is 7.06. The van der Waals surface area contributed by atoms with Gasteiger partial charge in [-0.25, -0.2) is 4.79 Å². The van der Waals surface area contributed by atoms with Crippen molar-refractivity contribution in [2.45, 2.75) is 57.0 Å². The van der Waals surface area contributed by atoms with Crippen LogP contribution in [0.4, 0.5) is 4.79 Å². The van der Waals surface area contributed by atoms with Crippen LogP contribution in [0, 0.1) is 0 Å². The van der Waals surface area contributed by atoms with Crippen molar-refractivity contribution in [3.63, 3.8) is 0 Å². The lowest BCUT2D eigenvalue weighted by Crippen LogP contribution is -2.50. The van der Waals surface area contributed by atoms with E-state index >= 15 is 0 Å². The first-order chi connectivity index (χ1) is 17.2. The minimum Gasteiger partial charge on any atom is -0.378 e. The van der Waals surface area contributed by atoms with Crippen LogP contribution in [0.2, 0.25) is 0 Å². The summed E-state index contributed by atoms with van der Waals surface area (Å²) in [7, 11) is 0. The Bertz CT molecular complexity index is 1250. The Morgan fingerprint density at radius 2 is 1.83 bits per heavy atom. The summed E-state index contributed by atoms with van der Waals surface area (Å²) in [5, 5.41) is 4.59. The normalized spacial score (nSPS) is 20.7. The van der Waals surface area contributed by atoms with Gasteiger partial charge < -0.3 is 19.5 Å².